The highest BCUT2D eigenvalue weighted by Crippen LogP contribution is 2.33. The largest absolute Gasteiger partial charge is 0.467 e. The number of benzene rings is 1. The molecule has 1 aromatic heterocycles. The van der Waals surface area contributed by atoms with Crippen LogP contribution in [0.4, 0.5) is 4.39 Å². The lowest BCUT2D eigenvalue weighted by molar-refractivity contribution is -0.159. The van der Waals surface area contributed by atoms with Crippen molar-refractivity contribution in [3.63, 3.8) is 0 Å². The summed E-state index contributed by atoms with van der Waals surface area (Å²) in [6.07, 6.45) is 7.95. The molecule has 0 spiro atoms. The maximum atomic E-state index is 13.5. The highest BCUT2D eigenvalue weighted by molar-refractivity contribution is 5.95. The Hall–Kier alpha value is -2.63. The third-order valence-corrected chi connectivity index (χ3v) is 5.81. The van der Waals surface area contributed by atoms with E-state index in [9.17, 15) is 14.0 Å². The summed E-state index contributed by atoms with van der Waals surface area (Å²) < 4.78 is 18.9. The average Bonchev–Trinajstić information content (AvgIpc) is 3.05. The molecule has 5 nitrogen and oxygen atoms in total. The number of rotatable bonds is 4. The van der Waals surface area contributed by atoms with Crippen molar-refractivity contribution in [1.82, 2.24) is 9.80 Å². The lowest BCUT2D eigenvalue weighted by Gasteiger charge is -2.43. The quantitative estimate of drug-likeness (QED) is 0.747. The van der Waals surface area contributed by atoms with Crippen LogP contribution in [-0.4, -0.2) is 34.2 Å². The van der Waals surface area contributed by atoms with Crippen LogP contribution >= 0.6 is 0 Å². The maximum Gasteiger partial charge on any atom is 0.250 e. The molecule has 28 heavy (non-hydrogen) atoms. The van der Waals surface area contributed by atoms with Crippen LogP contribution in [0.25, 0.3) is 0 Å². The van der Waals surface area contributed by atoms with Crippen molar-refractivity contribution < 1.29 is 18.4 Å². The van der Waals surface area contributed by atoms with Crippen LogP contribution in [-0.2, 0) is 16.1 Å². The minimum Gasteiger partial charge on any atom is -0.467 e. The summed E-state index contributed by atoms with van der Waals surface area (Å²) in [5, 5.41) is 0. The van der Waals surface area contributed by atoms with Crippen LogP contribution in [0.3, 0.4) is 0 Å². The fraction of sp³-hybridized carbons (Fsp3) is 0.455. The van der Waals surface area contributed by atoms with Gasteiger partial charge in [-0.2, -0.15) is 0 Å². The molecule has 0 bridgehead atoms. The van der Waals surface area contributed by atoms with E-state index >= 15 is 0 Å². The second-order valence-corrected chi connectivity index (χ2v) is 7.67. The van der Waals surface area contributed by atoms with Crippen molar-refractivity contribution in [2.45, 2.75) is 57.2 Å². The monoisotopic (exact) mass is 384 g/mol. The summed E-state index contributed by atoms with van der Waals surface area (Å²) in [6, 6.07) is 8.76. The molecule has 2 heterocycles. The van der Waals surface area contributed by atoms with Gasteiger partial charge in [-0.3, -0.25) is 9.59 Å². The lowest BCUT2D eigenvalue weighted by Crippen LogP contribution is -2.57. The molecule has 1 saturated carbocycles. The number of nitrogens with zero attached hydrogens (tertiary/aromatic N) is 2. The number of furan rings is 1. The molecule has 2 aliphatic rings. The van der Waals surface area contributed by atoms with Gasteiger partial charge in [-0.25, -0.2) is 4.39 Å². The van der Waals surface area contributed by atoms with Crippen LogP contribution in [0.15, 0.2) is 47.1 Å². The molecule has 0 radical (unpaired) electrons. The van der Waals surface area contributed by atoms with Crippen molar-refractivity contribution in [2.75, 3.05) is 6.54 Å². The molecule has 2 fully saturated rings. The average molecular weight is 384 g/mol. The Morgan fingerprint density at radius 3 is 2.36 bits per heavy atom. The van der Waals surface area contributed by atoms with Gasteiger partial charge in [0.05, 0.1) is 12.8 Å². The molecule has 148 valence electrons. The predicted molar refractivity (Wildman–Crippen MR) is 102 cm³/mol. The molecular weight excluding hydrogens is 359 g/mol. The standard InChI is InChI=1S/C22H25FN2O3/c23-17-11-9-16(10-12-17)21-22(27)24(18-6-3-1-2-4-7-18)15-20(26)25(21)14-19-8-5-13-28-19/h5,8-13,18,21H,1-4,6-7,14-15H2. The highest BCUT2D eigenvalue weighted by Gasteiger charge is 2.43. The number of hydrogen-bond donors (Lipinski definition) is 0. The van der Waals surface area contributed by atoms with Crippen molar-refractivity contribution in [3.05, 3.63) is 59.8 Å². The fourth-order valence-electron chi connectivity index (χ4n) is 4.34. The Kier molecular flexibility index (Phi) is 5.46. The Balaban J connectivity index is 1.66. The van der Waals surface area contributed by atoms with Crippen molar-refractivity contribution in [1.29, 1.82) is 0 Å². The van der Waals surface area contributed by atoms with Gasteiger partial charge in [0.15, 0.2) is 0 Å². The van der Waals surface area contributed by atoms with Gasteiger partial charge in [0, 0.05) is 6.04 Å². The smallest absolute Gasteiger partial charge is 0.250 e. The minimum absolute atomic E-state index is 0.0790. The van der Waals surface area contributed by atoms with Gasteiger partial charge in [0.1, 0.15) is 24.2 Å². The zero-order valence-electron chi connectivity index (χ0n) is 15.9. The third-order valence-electron chi connectivity index (χ3n) is 5.81. The van der Waals surface area contributed by atoms with E-state index in [1.54, 1.807) is 40.3 Å². The predicted octanol–water partition coefficient (Wildman–Crippen LogP) is 4.05. The van der Waals surface area contributed by atoms with Crippen molar-refractivity contribution >= 4 is 11.8 Å². The summed E-state index contributed by atoms with van der Waals surface area (Å²) in [5.41, 5.74) is 0.629. The molecular formula is C22H25FN2O3. The molecule has 2 aromatic rings. The van der Waals surface area contributed by atoms with Gasteiger partial charge in [0.25, 0.3) is 5.91 Å². The van der Waals surface area contributed by atoms with Gasteiger partial charge < -0.3 is 14.2 Å². The molecule has 1 aliphatic carbocycles. The minimum atomic E-state index is -0.754. The van der Waals surface area contributed by atoms with Crippen LogP contribution in [0.5, 0.6) is 0 Å². The summed E-state index contributed by atoms with van der Waals surface area (Å²) in [5.74, 6) is 0.0759. The molecule has 0 N–H and O–H groups in total. The van der Waals surface area contributed by atoms with E-state index < -0.39 is 6.04 Å². The van der Waals surface area contributed by atoms with Gasteiger partial charge in [-0.15, -0.1) is 0 Å². The summed E-state index contributed by atoms with van der Waals surface area (Å²) in [4.78, 5) is 29.9. The summed E-state index contributed by atoms with van der Waals surface area (Å²) in [6.45, 7) is 0.319. The number of carbonyl (C=O) groups excluding carboxylic acids is 2. The van der Waals surface area contributed by atoms with Crippen LogP contribution < -0.4 is 0 Å². The van der Waals surface area contributed by atoms with E-state index in [-0.39, 0.29) is 36.8 Å². The SMILES string of the molecule is O=C1C(c2ccc(F)cc2)N(Cc2ccco2)C(=O)CN1C1CCCCCC1. The van der Waals surface area contributed by atoms with Crippen molar-refractivity contribution in [2.24, 2.45) is 0 Å². The fourth-order valence-corrected chi connectivity index (χ4v) is 4.34. The van der Waals surface area contributed by atoms with E-state index in [1.807, 2.05) is 0 Å². The van der Waals surface area contributed by atoms with Crippen LogP contribution in [0, 0.1) is 5.82 Å². The number of halogens is 1. The Bertz CT molecular complexity index is 811. The van der Waals surface area contributed by atoms with Crippen LogP contribution in [0.1, 0.15) is 55.9 Å². The number of hydrogen-bond acceptors (Lipinski definition) is 3. The van der Waals surface area contributed by atoms with E-state index in [2.05, 4.69) is 0 Å². The molecule has 2 amide bonds. The Morgan fingerprint density at radius 1 is 1.00 bits per heavy atom. The summed E-state index contributed by atoms with van der Waals surface area (Å²) in [7, 11) is 0. The zero-order valence-corrected chi connectivity index (χ0v) is 15.9. The van der Waals surface area contributed by atoms with E-state index in [0.717, 1.165) is 25.7 Å². The highest BCUT2D eigenvalue weighted by atomic mass is 19.1. The number of amides is 2. The molecule has 1 unspecified atom stereocenters. The van der Waals surface area contributed by atoms with E-state index in [4.69, 9.17) is 4.42 Å². The first kappa shape index (κ1) is 18.7. The summed E-state index contributed by atoms with van der Waals surface area (Å²) >= 11 is 0. The first-order valence-corrected chi connectivity index (χ1v) is 10.0. The van der Waals surface area contributed by atoms with Crippen LogP contribution in [0.2, 0.25) is 0 Å². The maximum absolute atomic E-state index is 13.5. The second kappa shape index (κ2) is 8.17. The van der Waals surface area contributed by atoms with Gasteiger partial charge >= 0.3 is 0 Å². The number of carbonyl (C=O) groups is 2. The van der Waals surface area contributed by atoms with Gasteiger partial charge in [0.2, 0.25) is 5.91 Å². The molecule has 1 atom stereocenters. The first-order valence-electron chi connectivity index (χ1n) is 10.0. The Labute approximate surface area is 164 Å². The lowest BCUT2D eigenvalue weighted by atomic mass is 9.97. The molecule has 6 heteroatoms. The topological polar surface area (TPSA) is 53.8 Å². The first-order chi connectivity index (χ1) is 13.6. The molecule has 1 aliphatic heterocycles. The molecule has 1 aromatic carbocycles. The van der Waals surface area contributed by atoms with Gasteiger partial charge in [-0.05, 0) is 42.7 Å². The number of piperazine rings is 1. The molecule has 1 saturated heterocycles. The molecule has 4 rings (SSSR count). The van der Waals surface area contributed by atoms with E-state index in [1.165, 1.54) is 25.0 Å². The van der Waals surface area contributed by atoms with E-state index in [0.29, 0.717) is 11.3 Å². The van der Waals surface area contributed by atoms with Crippen molar-refractivity contribution in [3.8, 4) is 0 Å². The second-order valence-electron chi connectivity index (χ2n) is 7.67. The Morgan fingerprint density at radius 2 is 1.71 bits per heavy atom. The zero-order chi connectivity index (χ0) is 19.5. The normalized spacial score (nSPS) is 21.8. The van der Waals surface area contributed by atoms with Gasteiger partial charge in [-0.1, -0.05) is 37.8 Å². The third kappa shape index (κ3) is 3.81.